The van der Waals surface area contributed by atoms with Gasteiger partial charge in [-0.15, -0.1) is 11.3 Å². The molecule has 0 amide bonds. The summed E-state index contributed by atoms with van der Waals surface area (Å²) in [5, 5.41) is 4.24. The van der Waals surface area contributed by atoms with Crippen molar-refractivity contribution in [2.75, 3.05) is 24.7 Å². The molecule has 1 aromatic heterocycles. The number of aryl methyl sites for hydroxylation is 1. The first kappa shape index (κ1) is 15.6. The Balaban J connectivity index is 2.00. The van der Waals surface area contributed by atoms with Crippen LogP contribution in [0, 0.1) is 6.92 Å². The van der Waals surface area contributed by atoms with Crippen molar-refractivity contribution in [2.45, 2.75) is 44.3 Å². The zero-order valence-corrected chi connectivity index (χ0v) is 14.0. The topological polar surface area (TPSA) is 51.2 Å². The second kappa shape index (κ2) is 6.80. The van der Waals surface area contributed by atoms with Crippen molar-refractivity contribution in [1.82, 2.24) is 4.98 Å². The van der Waals surface area contributed by atoms with Crippen LogP contribution in [0.3, 0.4) is 0 Å². The summed E-state index contributed by atoms with van der Waals surface area (Å²) in [6.45, 7) is 5.02. The van der Waals surface area contributed by atoms with E-state index in [-0.39, 0.29) is 5.97 Å². The lowest BCUT2D eigenvalue weighted by atomic mass is 10.1. The van der Waals surface area contributed by atoms with Crippen LogP contribution in [0.5, 0.6) is 0 Å². The van der Waals surface area contributed by atoms with Gasteiger partial charge in [0.2, 0.25) is 0 Å². The van der Waals surface area contributed by atoms with E-state index in [1.54, 1.807) is 6.92 Å². The van der Waals surface area contributed by atoms with Crippen molar-refractivity contribution in [3.8, 4) is 0 Å². The first-order chi connectivity index (χ1) is 9.60. The van der Waals surface area contributed by atoms with Gasteiger partial charge in [0.1, 0.15) is 0 Å². The van der Waals surface area contributed by atoms with Crippen LogP contribution in [0.15, 0.2) is 0 Å². The summed E-state index contributed by atoms with van der Waals surface area (Å²) < 4.78 is 5.35. The van der Waals surface area contributed by atoms with Gasteiger partial charge in [-0.3, -0.25) is 0 Å². The predicted molar refractivity (Wildman–Crippen MR) is 86.0 cm³/mol. The fourth-order valence-corrected chi connectivity index (χ4v) is 4.28. The average Bonchev–Trinajstić information content (AvgIpc) is 3.04. The first-order valence-corrected chi connectivity index (χ1v) is 9.08. The van der Waals surface area contributed by atoms with E-state index in [0.717, 1.165) is 16.6 Å². The number of nitrogens with one attached hydrogen (secondary N) is 1. The van der Waals surface area contributed by atoms with Crippen LogP contribution in [0.4, 0.5) is 5.13 Å². The average molecular weight is 314 g/mol. The van der Waals surface area contributed by atoms with Crippen molar-refractivity contribution in [3.63, 3.8) is 0 Å². The molecule has 2 rings (SSSR count). The summed E-state index contributed by atoms with van der Waals surface area (Å²) >= 11 is 3.48. The molecule has 0 aliphatic heterocycles. The Morgan fingerprint density at radius 1 is 1.50 bits per heavy atom. The maximum Gasteiger partial charge on any atom is 0.358 e. The second-order valence-electron chi connectivity index (χ2n) is 5.09. The number of ether oxygens (including phenoxy) is 1. The van der Waals surface area contributed by atoms with E-state index in [4.69, 9.17) is 4.74 Å². The summed E-state index contributed by atoms with van der Waals surface area (Å²) in [7, 11) is 0. The van der Waals surface area contributed by atoms with E-state index in [2.05, 4.69) is 16.6 Å². The number of thioether (sulfide) groups is 1. The number of carbonyl (C=O) groups excluding carboxylic acids is 1. The smallest absolute Gasteiger partial charge is 0.358 e. The fourth-order valence-electron chi connectivity index (χ4n) is 2.57. The van der Waals surface area contributed by atoms with Crippen LogP contribution in [0.25, 0.3) is 0 Å². The molecule has 4 nitrogen and oxygen atoms in total. The van der Waals surface area contributed by atoms with Gasteiger partial charge >= 0.3 is 5.97 Å². The molecule has 0 radical (unpaired) electrons. The lowest BCUT2D eigenvalue weighted by Gasteiger charge is -2.26. The van der Waals surface area contributed by atoms with Gasteiger partial charge in [0.05, 0.1) is 6.61 Å². The Morgan fingerprint density at radius 3 is 2.80 bits per heavy atom. The number of hydrogen-bond acceptors (Lipinski definition) is 6. The lowest BCUT2D eigenvalue weighted by Crippen LogP contribution is -2.29. The van der Waals surface area contributed by atoms with Crippen molar-refractivity contribution in [3.05, 3.63) is 10.6 Å². The zero-order chi connectivity index (χ0) is 14.6. The minimum atomic E-state index is -0.324. The number of rotatable bonds is 6. The van der Waals surface area contributed by atoms with Crippen LogP contribution in [-0.2, 0) is 4.74 Å². The molecule has 0 saturated heterocycles. The number of anilines is 1. The number of nitrogens with zero attached hydrogens (tertiary/aromatic N) is 1. The van der Waals surface area contributed by atoms with E-state index in [9.17, 15) is 4.79 Å². The van der Waals surface area contributed by atoms with Crippen LogP contribution in [-0.4, -0.2) is 35.1 Å². The standard InChI is InChI=1S/C14H22N2O2S2/c1-4-18-12(17)11-10(2)20-13(16-11)15-9-14(19-3)7-5-6-8-14/h4-9H2,1-3H3,(H,15,16). The molecular formula is C14H22N2O2S2. The van der Waals surface area contributed by atoms with Gasteiger partial charge in [-0.05, 0) is 32.9 Å². The Bertz CT molecular complexity index is 468. The molecule has 1 aliphatic rings. The minimum Gasteiger partial charge on any atom is -0.461 e. The van der Waals surface area contributed by atoms with Gasteiger partial charge in [0.15, 0.2) is 10.8 Å². The van der Waals surface area contributed by atoms with Crippen LogP contribution < -0.4 is 5.32 Å². The molecule has 20 heavy (non-hydrogen) atoms. The van der Waals surface area contributed by atoms with E-state index in [1.807, 2.05) is 18.7 Å². The van der Waals surface area contributed by atoms with Gasteiger partial charge in [-0.25, -0.2) is 9.78 Å². The zero-order valence-electron chi connectivity index (χ0n) is 12.3. The Kier molecular flexibility index (Phi) is 5.32. The molecule has 112 valence electrons. The molecule has 1 fully saturated rings. The molecule has 0 spiro atoms. The van der Waals surface area contributed by atoms with E-state index < -0.39 is 0 Å². The van der Waals surface area contributed by atoms with E-state index in [0.29, 0.717) is 17.0 Å². The predicted octanol–water partition coefficient (Wildman–Crippen LogP) is 3.72. The molecule has 6 heteroatoms. The molecule has 1 heterocycles. The van der Waals surface area contributed by atoms with Crippen LogP contribution in [0.2, 0.25) is 0 Å². The molecule has 0 unspecified atom stereocenters. The molecule has 1 aromatic rings. The summed E-state index contributed by atoms with van der Waals surface area (Å²) in [6, 6.07) is 0. The van der Waals surface area contributed by atoms with E-state index in [1.165, 1.54) is 37.0 Å². The number of esters is 1. The third-order valence-corrected chi connectivity index (χ3v) is 6.12. The van der Waals surface area contributed by atoms with Gasteiger partial charge < -0.3 is 10.1 Å². The quantitative estimate of drug-likeness (QED) is 0.811. The summed E-state index contributed by atoms with van der Waals surface area (Å²) in [6.07, 6.45) is 7.33. The number of hydrogen-bond donors (Lipinski definition) is 1. The Hall–Kier alpha value is -0.750. The molecule has 0 bridgehead atoms. The maximum absolute atomic E-state index is 11.7. The Morgan fingerprint density at radius 2 is 2.20 bits per heavy atom. The largest absolute Gasteiger partial charge is 0.461 e. The summed E-state index contributed by atoms with van der Waals surface area (Å²) in [5.41, 5.74) is 0.448. The summed E-state index contributed by atoms with van der Waals surface area (Å²) in [4.78, 5) is 17.0. The van der Waals surface area contributed by atoms with Crippen LogP contribution >= 0.6 is 23.1 Å². The molecular weight excluding hydrogens is 292 g/mol. The number of aromatic nitrogens is 1. The second-order valence-corrected chi connectivity index (χ2v) is 7.57. The highest BCUT2D eigenvalue weighted by atomic mass is 32.2. The fraction of sp³-hybridized carbons (Fsp3) is 0.714. The SMILES string of the molecule is CCOC(=O)c1nc(NCC2(SC)CCCC2)sc1C. The van der Waals surface area contributed by atoms with Crippen molar-refractivity contribution >= 4 is 34.2 Å². The van der Waals surface area contributed by atoms with Crippen molar-refractivity contribution < 1.29 is 9.53 Å². The minimum absolute atomic E-state index is 0.324. The monoisotopic (exact) mass is 314 g/mol. The normalized spacial score (nSPS) is 17.1. The lowest BCUT2D eigenvalue weighted by molar-refractivity contribution is 0.0519. The van der Waals surface area contributed by atoms with Gasteiger partial charge in [0.25, 0.3) is 0 Å². The van der Waals surface area contributed by atoms with E-state index >= 15 is 0 Å². The van der Waals surface area contributed by atoms with Gasteiger partial charge in [0, 0.05) is 16.2 Å². The molecule has 0 aromatic carbocycles. The highest BCUT2D eigenvalue weighted by molar-refractivity contribution is 8.00. The van der Waals surface area contributed by atoms with Gasteiger partial charge in [-0.1, -0.05) is 12.8 Å². The first-order valence-electron chi connectivity index (χ1n) is 7.04. The molecule has 1 aliphatic carbocycles. The number of carbonyl (C=O) groups is 1. The molecule has 0 atom stereocenters. The third-order valence-electron chi connectivity index (χ3n) is 3.77. The van der Waals surface area contributed by atoms with Crippen LogP contribution in [0.1, 0.15) is 48.0 Å². The third kappa shape index (κ3) is 3.47. The highest BCUT2D eigenvalue weighted by Crippen LogP contribution is 2.40. The van der Waals surface area contributed by atoms with Crippen molar-refractivity contribution in [1.29, 1.82) is 0 Å². The highest BCUT2D eigenvalue weighted by Gasteiger charge is 2.33. The molecule has 1 saturated carbocycles. The Labute approximate surface area is 128 Å². The van der Waals surface area contributed by atoms with Gasteiger partial charge in [-0.2, -0.15) is 11.8 Å². The van der Waals surface area contributed by atoms with Crippen molar-refractivity contribution in [2.24, 2.45) is 0 Å². The maximum atomic E-state index is 11.7. The summed E-state index contributed by atoms with van der Waals surface area (Å²) in [5.74, 6) is -0.324. The molecule has 1 N–H and O–H groups in total. The number of thiazole rings is 1.